The molecule has 1 atom stereocenters. The van der Waals surface area contributed by atoms with E-state index < -0.39 is 0 Å². The first-order valence-electron chi connectivity index (χ1n) is 7.23. The zero-order chi connectivity index (χ0) is 14.9. The standard InChI is InChI=1S/C14H19N5O2/c1-14(5-4-12(20)18-14)9-17-10-7-16-11(8-15-10)19-6-2-3-13(19)21/h7-8H,2-6,9H2,1H3,(H,15,17)(H,18,20). The van der Waals surface area contributed by atoms with Crippen LogP contribution in [0.15, 0.2) is 12.4 Å². The van der Waals surface area contributed by atoms with E-state index in [1.807, 2.05) is 6.92 Å². The predicted octanol–water partition coefficient (Wildman–Crippen LogP) is 0.684. The van der Waals surface area contributed by atoms with Gasteiger partial charge >= 0.3 is 0 Å². The molecule has 1 aromatic heterocycles. The van der Waals surface area contributed by atoms with Crippen LogP contribution in [0.5, 0.6) is 0 Å². The Bertz CT molecular complexity index is 559. The molecule has 1 unspecified atom stereocenters. The molecular weight excluding hydrogens is 270 g/mol. The van der Waals surface area contributed by atoms with Crippen LogP contribution < -0.4 is 15.5 Å². The summed E-state index contributed by atoms with van der Waals surface area (Å²) < 4.78 is 0. The SMILES string of the molecule is CC1(CNc2cnc(N3CCCC3=O)cn2)CCC(=O)N1. The van der Waals surface area contributed by atoms with E-state index >= 15 is 0 Å². The van der Waals surface area contributed by atoms with Gasteiger partial charge in [0.25, 0.3) is 0 Å². The zero-order valence-electron chi connectivity index (χ0n) is 12.1. The van der Waals surface area contributed by atoms with Gasteiger partial charge < -0.3 is 10.6 Å². The zero-order valence-corrected chi connectivity index (χ0v) is 12.1. The lowest BCUT2D eigenvalue weighted by atomic mass is 10.0. The second kappa shape index (κ2) is 5.31. The average Bonchev–Trinajstić information content (AvgIpc) is 3.04. The summed E-state index contributed by atoms with van der Waals surface area (Å²) in [4.78, 5) is 33.2. The van der Waals surface area contributed by atoms with Crippen LogP contribution >= 0.6 is 0 Å². The van der Waals surface area contributed by atoms with E-state index in [1.54, 1.807) is 17.3 Å². The molecule has 7 heteroatoms. The number of rotatable bonds is 4. The van der Waals surface area contributed by atoms with Crippen molar-refractivity contribution in [1.82, 2.24) is 15.3 Å². The van der Waals surface area contributed by atoms with Crippen LogP contribution in [0, 0.1) is 0 Å². The van der Waals surface area contributed by atoms with Crippen LogP contribution in [0.3, 0.4) is 0 Å². The molecule has 7 nitrogen and oxygen atoms in total. The van der Waals surface area contributed by atoms with Gasteiger partial charge in [0, 0.05) is 25.9 Å². The maximum atomic E-state index is 11.6. The number of hydrogen-bond acceptors (Lipinski definition) is 5. The van der Waals surface area contributed by atoms with E-state index in [0.717, 1.165) is 12.8 Å². The summed E-state index contributed by atoms with van der Waals surface area (Å²) in [5.41, 5.74) is -0.234. The Morgan fingerprint density at radius 1 is 1.33 bits per heavy atom. The van der Waals surface area contributed by atoms with Crippen molar-refractivity contribution in [3.63, 3.8) is 0 Å². The molecule has 2 aliphatic heterocycles. The van der Waals surface area contributed by atoms with Crippen molar-refractivity contribution >= 4 is 23.5 Å². The fraction of sp³-hybridized carbons (Fsp3) is 0.571. The number of nitrogens with zero attached hydrogens (tertiary/aromatic N) is 3. The van der Waals surface area contributed by atoms with Gasteiger partial charge in [0.05, 0.1) is 17.9 Å². The largest absolute Gasteiger partial charge is 0.366 e. The summed E-state index contributed by atoms with van der Waals surface area (Å²) in [6.45, 7) is 3.33. The molecule has 3 rings (SSSR count). The first kappa shape index (κ1) is 13.8. The Morgan fingerprint density at radius 2 is 2.19 bits per heavy atom. The molecule has 0 radical (unpaired) electrons. The van der Waals surface area contributed by atoms with Gasteiger partial charge in [-0.25, -0.2) is 9.97 Å². The van der Waals surface area contributed by atoms with Crippen molar-refractivity contribution < 1.29 is 9.59 Å². The van der Waals surface area contributed by atoms with Crippen LogP contribution in [-0.2, 0) is 9.59 Å². The first-order valence-corrected chi connectivity index (χ1v) is 7.23. The molecule has 2 N–H and O–H groups in total. The average molecular weight is 289 g/mol. The summed E-state index contributed by atoms with van der Waals surface area (Å²) in [5.74, 6) is 1.44. The normalized spacial score (nSPS) is 25.3. The van der Waals surface area contributed by atoms with Gasteiger partial charge in [0.2, 0.25) is 11.8 Å². The highest BCUT2D eigenvalue weighted by atomic mass is 16.2. The number of amides is 2. The van der Waals surface area contributed by atoms with Crippen molar-refractivity contribution in [2.24, 2.45) is 0 Å². The lowest BCUT2D eigenvalue weighted by Gasteiger charge is -2.24. The minimum absolute atomic E-state index is 0.0910. The topological polar surface area (TPSA) is 87.2 Å². The molecular formula is C14H19N5O2. The van der Waals surface area contributed by atoms with E-state index in [2.05, 4.69) is 20.6 Å². The lowest BCUT2D eigenvalue weighted by Crippen LogP contribution is -2.44. The number of carbonyl (C=O) groups is 2. The predicted molar refractivity (Wildman–Crippen MR) is 77.9 cm³/mol. The van der Waals surface area contributed by atoms with Crippen LogP contribution in [0.1, 0.15) is 32.6 Å². The maximum Gasteiger partial charge on any atom is 0.228 e. The molecule has 0 aromatic carbocycles. The van der Waals surface area contributed by atoms with Crippen molar-refractivity contribution in [1.29, 1.82) is 0 Å². The molecule has 112 valence electrons. The summed E-state index contributed by atoms with van der Waals surface area (Å²) in [6.07, 6.45) is 6.08. The van der Waals surface area contributed by atoms with E-state index in [4.69, 9.17) is 0 Å². The monoisotopic (exact) mass is 289 g/mol. The lowest BCUT2D eigenvalue weighted by molar-refractivity contribution is -0.119. The van der Waals surface area contributed by atoms with Crippen LogP contribution in [0.25, 0.3) is 0 Å². The highest BCUT2D eigenvalue weighted by molar-refractivity contribution is 5.94. The highest BCUT2D eigenvalue weighted by Crippen LogP contribution is 2.21. The van der Waals surface area contributed by atoms with E-state index in [1.165, 1.54) is 0 Å². The molecule has 1 aromatic rings. The summed E-state index contributed by atoms with van der Waals surface area (Å²) in [7, 11) is 0. The Labute approximate surface area is 123 Å². The third-order valence-electron chi connectivity index (χ3n) is 3.99. The Morgan fingerprint density at radius 3 is 2.76 bits per heavy atom. The molecule has 2 amide bonds. The van der Waals surface area contributed by atoms with Gasteiger partial charge in [-0.1, -0.05) is 0 Å². The van der Waals surface area contributed by atoms with Gasteiger partial charge in [0.1, 0.15) is 5.82 Å². The fourth-order valence-electron chi connectivity index (χ4n) is 2.71. The Kier molecular flexibility index (Phi) is 3.48. The minimum Gasteiger partial charge on any atom is -0.366 e. The summed E-state index contributed by atoms with van der Waals surface area (Å²) in [5, 5.41) is 6.14. The summed E-state index contributed by atoms with van der Waals surface area (Å²) >= 11 is 0. The number of nitrogens with one attached hydrogen (secondary N) is 2. The number of aromatic nitrogens is 2. The highest BCUT2D eigenvalue weighted by Gasteiger charge is 2.32. The molecule has 2 fully saturated rings. The number of anilines is 2. The third kappa shape index (κ3) is 2.96. The molecule has 2 saturated heterocycles. The van der Waals surface area contributed by atoms with E-state index in [0.29, 0.717) is 37.6 Å². The maximum absolute atomic E-state index is 11.6. The molecule has 0 spiro atoms. The Hall–Kier alpha value is -2.18. The van der Waals surface area contributed by atoms with Gasteiger partial charge in [-0.3, -0.25) is 14.5 Å². The molecule has 3 heterocycles. The van der Waals surface area contributed by atoms with Crippen LogP contribution in [-0.4, -0.2) is 40.4 Å². The van der Waals surface area contributed by atoms with E-state index in [-0.39, 0.29) is 17.4 Å². The van der Waals surface area contributed by atoms with Gasteiger partial charge in [-0.2, -0.15) is 0 Å². The smallest absolute Gasteiger partial charge is 0.228 e. The molecule has 2 aliphatic rings. The van der Waals surface area contributed by atoms with Crippen LogP contribution in [0.2, 0.25) is 0 Å². The number of hydrogen-bond donors (Lipinski definition) is 2. The van der Waals surface area contributed by atoms with Crippen molar-refractivity contribution in [2.75, 3.05) is 23.3 Å². The third-order valence-corrected chi connectivity index (χ3v) is 3.99. The minimum atomic E-state index is -0.234. The fourth-order valence-corrected chi connectivity index (χ4v) is 2.71. The van der Waals surface area contributed by atoms with Crippen molar-refractivity contribution in [2.45, 2.75) is 38.1 Å². The van der Waals surface area contributed by atoms with Crippen LogP contribution in [0.4, 0.5) is 11.6 Å². The molecule has 0 saturated carbocycles. The van der Waals surface area contributed by atoms with E-state index in [9.17, 15) is 9.59 Å². The molecule has 0 aliphatic carbocycles. The number of carbonyl (C=O) groups excluding carboxylic acids is 2. The second-order valence-corrected chi connectivity index (χ2v) is 5.87. The quantitative estimate of drug-likeness (QED) is 0.851. The first-order chi connectivity index (χ1) is 10.1. The Balaban J connectivity index is 1.60. The van der Waals surface area contributed by atoms with Crippen molar-refractivity contribution in [3.05, 3.63) is 12.4 Å². The van der Waals surface area contributed by atoms with Gasteiger partial charge in [-0.05, 0) is 19.8 Å². The molecule has 21 heavy (non-hydrogen) atoms. The van der Waals surface area contributed by atoms with Gasteiger partial charge in [0.15, 0.2) is 5.82 Å². The second-order valence-electron chi connectivity index (χ2n) is 5.87. The molecule has 0 bridgehead atoms. The van der Waals surface area contributed by atoms with Crippen molar-refractivity contribution in [3.8, 4) is 0 Å². The van der Waals surface area contributed by atoms with Gasteiger partial charge in [-0.15, -0.1) is 0 Å². The summed E-state index contributed by atoms with van der Waals surface area (Å²) in [6, 6.07) is 0.